The summed E-state index contributed by atoms with van der Waals surface area (Å²) in [4.78, 5) is 37.9. The van der Waals surface area contributed by atoms with Gasteiger partial charge in [-0.25, -0.2) is 0 Å². The predicted octanol–water partition coefficient (Wildman–Crippen LogP) is 2.09. The molecule has 1 aliphatic rings. The molecule has 2 aromatic carbocycles. The van der Waals surface area contributed by atoms with Gasteiger partial charge in [-0.1, -0.05) is 29.8 Å². The molecule has 2 aromatic rings. The summed E-state index contributed by atoms with van der Waals surface area (Å²) in [5, 5.41) is 2.72. The van der Waals surface area contributed by atoms with Crippen LogP contribution >= 0.6 is 0 Å². The molecule has 0 spiro atoms. The van der Waals surface area contributed by atoms with Crippen molar-refractivity contribution in [2.24, 2.45) is 11.7 Å². The summed E-state index contributed by atoms with van der Waals surface area (Å²) in [7, 11) is 0. The van der Waals surface area contributed by atoms with Gasteiger partial charge in [0.05, 0.1) is 17.2 Å². The maximum Gasteiger partial charge on any atom is 0.250 e. The quantitative estimate of drug-likeness (QED) is 0.894. The van der Waals surface area contributed by atoms with E-state index >= 15 is 0 Å². The molecule has 128 valence electrons. The van der Waals surface area contributed by atoms with Crippen molar-refractivity contribution in [3.63, 3.8) is 0 Å². The first-order valence-corrected chi connectivity index (χ1v) is 8.02. The zero-order valence-corrected chi connectivity index (χ0v) is 13.9. The maximum atomic E-state index is 12.5. The number of para-hydroxylation sites is 1. The van der Waals surface area contributed by atoms with Crippen molar-refractivity contribution >= 4 is 29.1 Å². The van der Waals surface area contributed by atoms with Gasteiger partial charge < -0.3 is 16.0 Å². The minimum absolute atomic E-state index is 0.0906. The van der Waals surface area contributed by atoms with Crippen LogP contribution in [0.4, 0.5) is 11.4 Å². The second kappa shape index (κ2) is 6.76. The first kappa shape index (κ1) is 16.7. The fourth-order valence-corrected chi connectivity index (χ4v) is 2.90. The Kier molecular flexibility index (Phi) is 4.52. The third-order valence-electron chi connectivity index (χ3n) is 4.29. The van der Waals surface area contributed by atoms with Crippen LogP contribution in [0.2, 0.25) is 0 Å². The first-order valence-electron chi connectivity index (χ1n) is 8.02. The molecule has 3 rings (SSSR count). The number of nitrogens with zero attached hydrogens (tertiary/aromatic N) is 1. The fourth-order valence-electron chi connectivity index (χ4n) is 2.90. The Morgan fingerprint density at radius 1 is 1.12 bits per heavy atom. The first-order chi connectivity index (χ1) is 12.0. The van der Waals surface area contributed by atoms with E-state index < -0.39 is 11.8 Å². The van der Waals surface area contributed by atoms with E-state index in [1.165, 1.54) is 0 Å². The van der Waals surface area contributed by atoms with Crippen molar-refractivity contribution in [3.8, 4) is 0 Å². The van der Waals surface area contributed by atoms with Crippen LogP contribution in [-0.2, 0) is 9.59 Å². The Morgan fingerprint density at radius 3 is 2.48 bits per heavy atom. The third-order valence-corrected chi connectivity index (χ3v) is 4.29. The molecule has 0 bridgehead atoms. The minimum atomic E-state index is -0.611. The van der Waals surface area contributed by atoms with Crippen molar-refractivity contribution in [2.75, 3.05) is 16.8 Å². The SMILES string of the molecule is Cc1ccc(N2C[C@@H](C(=O)Nc3ccccc3C(N)=O)CC2=O)cc1. The van der Waals surface area contributed by atoms with E-state index in [9.17, 15) is 14.4 Å². The Labute approximate surface area is 145 Å². The Balaban J connectivity index is 1.73. The van der Waals surface area contributed by atoms with Gasteiger partial charge in [0, 0.05) is 18.7 Å². The average Bonchev–Trinajstić information content (AvgIpc) is 2.98. The van der Waals surface area contributed by atoms with Crippen molar-refractivity contribution in [1.29, 1.82) is 0 Å². The topological polar surface area (TPSA) is 92.5 Å². The molecule has 3 N–H and O–H groups in total. The molecule has 6 nitrogen and oxygen atoms in total. The molecule has 6 heteroatoms. The number of carbonyl (C=O) groups excluding carboxylic acids is 3. The molecule has 0 saturated carbocycles. The number of primary amides is 1. The van der Waals surface area contributed by atoms with Gasteiger partial charge in [0.1, 0.15) is 0 Å². The van der Waals surface area contributed by atoms with E-state index in [0.29, 0.717) is 12.2 Å². The van der Waals surface area contributed by atoms with Crippen molar-refractivity contribution in [2.45, 2.75) is 13.3 Å². The highest BCUT2D eigenvalue weighted by atomic mass is 16.2. The van der Waals surface area contributed by atoms with Crippen LogP contribution in [0.1, 0.15) is 22.3 Å². The highest BCUT2D eigenvalue weighted by molar-refractivity contribution is 6.06. The lowest BCUT2D eigenvalue weighted by molar-refractivity contribution is -0.122. The van der Waals surface area contributed by atoms with Crippen LogP contribution in [0.25, 0.3) is 0 Å². The summed E-state index contributed by atoms with van der Waals surface area (Å²) in [6.07, 6.45) is 0.137. The normalized spacial score (nSPS) is 16.8. The molecular formula is C19H19N3O3. The highest BCUT2D eigenvalue weighted by Crippen LogP contribution is 2.26. The standard InChI is InChI=1S/C19H19N3O3/c1-12-6-8-14(9-7-12)22-11-13(10-17(22)23)19(25)21-16-5-3-2-4-15(16)18(20)24/h2-9,13H,10-11H2,1H3,(H2,20,24)(H,21,25)/t13-/m0/s1. The predicted molar refractivity (Wildman–Crippen MR) is 95.2 cm³/mol. The van der Waals surface area contributed by atoms with Crippen LogP contribution in [0.15, 0.2) is 48.5 Å². The summed E-state index contributed by atoms with van der Waals surface area (Å²) in [6, 6.07) is 14.2. The zero-order valence-electron chi connectivity index (χ0n) is 13.9. The lowest BCUT2D eigenvalue weighted by atomic mass is 10.1. The van der Waals surface area contributed by atoms with Gasteiger partial charge in [-0.3, -0.25) is 14.4 Å². The molecule has 0 unspecified atom stereocenters. The smallest absolute Gasteiger partial charge is 0.250 e. The van der Waals surface area contributed by atoms with E-state index in [1.54, 1.807) is 29.2 Å². The van der Waals surface area contributed by atoms with E-state index in [1.807, 2.05) is 31.2 Å². The minimum Gasteiger partial charge on any atom is -0.366 e. The summed E-state index contributed by atoms with van der Waals surface area (Å²) in [5.41, 5.74) is 7.82. The van der Waals surface area contributed by atoms with Crippen LogP contribution in [-0.4, -0.2) is 24.3 Å². The molecule has 1 atom stereocenters. The maximum absolute atomic E-state index is 12.5. The van der Waals surface area contributed by atoms with Gasteiger partial charge >= 0.3 is 0 Å². The number of benzene rings is 2. The lowest BCUT2D eigenvalue weighted by Gasteiger charge is -2.17. The zero-order chi connectivity index (χ0) is 18.0. The summed E-state index contributed by atoms with van der Waals surface area (Å²) in [5.74, 6) is -1.47. The Hall–Kier alpha value is -3.15. The monoisotopic (exact) mass is 337 g/mol. The number of hydrogen-bond donors (Lipinski definition) is 2. The van der Waals surface area contributed by atoms with Gasteiger partial charge in [-0.05, 0) is 31.2 Å². The Bertz CT molecular complexity index is 830. The van der Waals surface area contributed by atoms with E-state index in [-0.39, 0.29) is 23.8 Å². The number of hydrogen-bond acceptors (Lipinski definition) is 3. The van der Waals surface area contributed by atoms with Crippen LogP contribution in [0.5, 0.6) is 0 Å². The number of nitrogens with one attached hydrogen (secondary N) is 1. The molecule has 0 aromatic heterocycles. The number of amides is 3. The second-order valence-corrected chi connectivity index (χ2v) is 6.14. The molecular weight excluding hydrogens is 318 g/mol. The van der Waals surface area contributed by atoms with Crippen molar-refractivity contribution < 1.29 is 14.4 Å². The van der Waals surface area contributed by atoms with E-state index in [4.69, 9.17) is 5.73 Å². The molecule has 25 heavy (non-hydrogen) atoms. The molecule has 1 aliphatic heterocycles. The molecule has 3 amide bonds. The lowest BCUT2D eigenvalue weighted by Crippen LogP contribution is -2.28. The summed E-state index contributed by atoms with van der Waals surface area (Å²) < 4.78 is 0. The number of rotatable bonds is 4. The number of carbonyl (C=O) groups is 3. The van der Waals surface area contributed by atoms with Gasteiger partial charge in [0.15, 0.2) is 0 Å². The van der Waals surface area contributed by atoms with Crippen LogP contribution in [0.3, 0.4) is 0 Å². The molecule has 0 radical (unpaired) electrons. The second-order valence-electron chi connectivity index (χ2n) is 6.14. The van der Waals surface area contributed by atoms with E-state index in [2.05, 4.69) is 5.32 Å². The van der Waals surface area contributed by atoms with Gasteiger partial charge in [-0.15, -0.1) is 0 Å². The molecule has 1 saturated heterocycles. The van der Waals surface area contributed by atoms with Gasteiger partial charge in [-0.2, -0.15) is 0 Å². The molecule has 1 heterocycles. The van der Waals surface area contributed by atoms with Crippen molar-refractivity contribution in [1.82, 2.24) is 0 Å². The van der Waals surface area contributed by atoms with Gasteiger partial charge in [0.2, 0.25) is 11.8 Å². The van der Waals surface area contributed by atoms with Crippen LogP contribution < -0.4 is 16.0 Å². The number of aryl methyl sites for hydroxylation is 1. The number of nitrogens with two attached hydrogens (primary N) is 1. The number of anilines is 2. The summed E-state index contributed by atoms with van der Waals surface area (Å²) in [6.45, 7) is 2.29. The molecule has 1 fully saturated rings. The van der Waals surface area contributed by atoms with E-state index in [0.717, 1.165) is 11.3 Å². The van der Waals surface area contributed by atoms with Crippen molar-refractivity contribution in [3.05, 3.63) is 59.7 Å². The third kappa shape index (κ3) is 3.52. The average molecular weight is 337 g/mol. The summed E-state index contributed by atoms with van der Waals surface area (Å²) >= 11 is 0. The highest BCUT2D eigenvalue weighted by Gasteiger charge is 2.35. The Morgan fingerprint density at radius 2 is 1.80 bits per heavy atom. The fraction of sp³-hybridized carbons (Fsp3) is 0.211. The van der Waals surface area contributed by atoms with Crippen LogP contribution in [0, 0.1) is 12.8 Å². The van der Waals surface area contributed by atoms with Gasteiger partial charge in [0.25, 0.3) is 5.91 Å². The largest absolute Gasteiger partial charge is 0.366 e. The molecule has 0 aliphatic carbocycles.